The standard InChI is InChI=1S/C8H6BrN4/c9-7-4-11-5-12-8(7)13-3-1-2-10-6-13/h1-6H/q+1. The van der Waals surface area contributed by atoms with Crippen molar-refractivity contribution in [3.05, 3.63) is 41.8 Å². The molecular weight excluding hydrogens is 232 g/mol. The lowest BCUT2D eigenvalue weighted by Crippen LogP contribution is -2.31. The van der Waals surface area contributed by atoms with E-state index in [1.54, 1.807) is 18.7 Å². The Morgan fingerprint density at radius 1 is 1.31 bits per heavy atom. The van der Waals surface area contributed by atoms with Crippen molar-refractivity contribution in [2.45, 2.75) is 0 Å². The quantitative estimate of drug-likeness (QED) is 0.693. The molecule has 0 bridgehead atoms. The Kier molecular flexibility index (Phi) is 2.27. The molecule has 0 amide bonds. The highest BCUT2D eigenvalue weighted by molar-refractivity contribution is 9.10. The fourth-order valence-electron chi connectivity index (χ4n) is 0.951. The molecule has 13 heavy (non-hydrogen) atoms. The molecule has 0 unspecified atom stereocenters. The van der Waals surface area contributed by atoms with Crippen LogP contribution in [0.2, 0.25) is 0 Å². The van der Waals surface area contributed by atoms with E-state index in [0.717, 1.165) is 10.3 Å². The Morgan fingerprint density at radius 3 is 2.92 bits per heavy atom. The molecule has 64 valence electrons. The first-order valence-electron chi connectivity index (χ1n) is 3.65. The van der Waals surface area contributed by atoms with Gasteiger partial charge in [0.15, 0.2) is 6.33 Å². The second-order valence-electron chi connectivity index (χ2n) is 2.36. The van der Waals surface area contributed by atoms with E-state index in [-0.39, 0.29) is 0 Å². The Bertz CT molecular complexity index is 404. The second-order valence-corrected chi connectivity index (χ2v) is 3.21. The summed E-state index contributed by atoms with van der Waals surface area (Å²) in [6, 6.07) is 1.84. The van der Waals surface area contributed by atoms with Gasteiger partial charge in [-0.25, -0.2) is 9.55 Å². The number of hydrogen-bond donors (Lipinski definition) is 0. The number of rotatable bonds is 1. The first-order valence-corrected chi connectivity index (χ1v) is 4.44. The molecule has 0 spiro atoms. The van der Waals surface area contributed by atoms with Gasteiger partial charge in [0.05, 0.1) is 12.4 Å². The van der Waals surface area contributed by atoms with E-state index in [2.05, 4.69) is 30.9 Å². The minimum absolute atomic E-state index is 0.781. The van der Waals surface area contributed by atoms with Crippen LogP contribution in [0, 0.1) is 0 Å². The van der Waals surface area contributed by atoms with E-state index < -0.39 is 0 Å². The highest BCUT2D eigenvalue weighted by Crippen LogP contribution is 2.10. The lowest BCUT2D eigenvalue weighted by Gasteiger charge is -1.96. The summed E-state index contributed by atoms with van der Waals surface area (Å²) in [6.45, 7) is 0. The second kappa shape index (κ2) is 3.57. The summed E-state index contributed by atoms with van der Waals surface area (Å²) in [4.78, 5) is 12.0. The number of hydrogen-bond acceptors (Lipinski definition) is 3. The van der Waals surface area contributed by atoms with Crippen LogP contribution in [0.3, 0.4) is 0 Å². The SMILES string of the molecule is Brc1cncnc1-[n+]1cccnc1. The molecule has 2 aromatic heterocycles. The van der Waals surface area contributed by atoms with Crippen molar-refractivity contribution in [2.75, 3.05) is 0 Å². The van der Waals surface area contributed by atoms with E-state index in [4.69, 9.17) is 0 Å². The van der Waals surface area contributed by atoms with E-state index in [1.807, 2.05) is 16.8 Å². The largest absolute Gasteiger partial charge is 0.284 e. The van der Waals surface area contributed by atoms with Gasteiger partial charge in [-0.1, -0.05) is 4.98 Å². The van der Waals surface area contributed by atoms with Crippen molar-refractivity contribution in [1.82, 2.24) is 15.0 Å². The van der Waals surface area contributed by atoms with Gasteiger partial charge < -0.3 is 0 Å². The van der Waals surface area contributed by atoms with Gasteiger partial charge in [-0.15, -0.1) is 4.98 Å². The van der Waals surface area contributed by atoms with Gasteiger partial charge in [-0.2, -0.15) is 0 Å². The van der Waals surface area contributed by atoms with Crippen molar-refractivity contribution in [3.63, 3.8) is 0 Å². The Morgan fingerprint density at radius 2 is 2.23 bits per heavy atom. The average Bonchev–Trinajstić information content (AvgIpc) is 2.20. The molecule has 0 aliphatic carbocycles. The predicted molar refractivity (Wildman–Crippen MR) is 49.1 cm³/mol. The van der Waals surface area contributed by atoms with Crippen molar-refractivity contribution < 1.29 is 4.57 Å². The van der Waals surface area contributed by atoms with Crippen molar-refractivity contribution in [2.24, 2.45) is 0 Å². The van der Waals surface area contributed by atoms with Gasteiger partial charge in [0, 0.05) is 6.07 Å². The van der Waals surface area contributed by atoms with Crippen LogP contribution in [0.1, 0.15) is 0 Å². The van der Waals surface area contributed by atoms with Gasteiger partial charge in [-0.3, -0.25) is 0 Å². The average molecular weight is 238 g/mol. The first-order chi connectivity index (χ1) is 6.38. The molecule has 0 fully saturated rings. The molecule has 0 N–H and O–H groups in total. The third-order valence-corrected chi connectivity index (χ3v) is 2.06. The number of aromatic nitrogens is 4. The van der Waals surface area contributed by atoms with Crippen molar-refractivity contribution in [3.8, 4) is 5.82 Å². The zero-order valence-corrected chi connectivity index (χ0v) is 8.22. The summed E-state index contributed by atoms with van der Waals surface area (Å²) in [5.74, 6) is 0.781. The van der Waals surface area contributed by atoms with Crippen LogP contribution in [-0.2, 0) is 0 Å². The van der Waals surface area contributed by atoms with Gasteiger partial charge in [0.25, 0.3) is 5.82 Å². The van der Waals surface area contributed by atoms with Gasteiger partial charge in [-0.05, 0) is 15.9 Å². The van der Waals surface area contributed by atoms with Crippen LogP contribution >= 0.6 is 15.9 Å². The van der Waals surface area contributed by atoms with Crippen LogP contribution in [-0.4, -0.2) is 15.0 Å². The molecule has 0 radical (unpaired) electrons. The molecule has 0 atom stereocenters. The van der Waals surface area contributed by atoms with Gasteiger partial charge in [0.2, 0.25) is 6.33 Å². The summed E-state index contributed by atoms with van der Waals surface area (Å²) in [5, 5.41) is 0. The van der Waals surface area contributed by atoms with Crippen LogP contribution in [0.15, 0.2) is 41.8 Å². The summed E-state index contributed by atoms with van der Waals surface area (Å²) in [5.41, 5.74) is 0. The fraction of sp³-hybridized carbons (Fsp3) is 0. The molecule has 4 nitrogen and oxygen atoms in total. The fourth-order valence-corrected chi connectivity index (χ4v) is 1.38. The van der Waals surface area contributed by atoms with Crippen molar-refractivity contribution >= 4 is 15.9 Å². The van der Waals surface area contributed by atoms with Gasteiger partial charge >= 0.3 is 0 Å². The smallest absolute Gasteiger partial charge is 0.227 e. The highest BCUT2D eigenvalue weighted by atomic mass is 79.9. The van der Waals surface area contributed by atoms with Gasteiger partial charge in [0.1, 0.15) is 10.7 Å². The molecule has 0 aliphatic heterocycles. The van der Waals surface area contributed by atoms with E-state index >= 15 is 0 Å². The maximum atomic E-state index is 4.11. The Labute approximate surface area is 83.4 Å². The normalized spacial score (nSPS) is 9.92. The van der Waals surface area contributed by atoms with Crippen LogP contribution < -0.4 is 4.57 Å². The molecule has 0 aromatic carbocycles. The van der Waals surface area contributed by atoms with E-state index in [9.17, 15) is 0 Å². The van der Waals surface area contributed by atoms with E-state index in [0.29, 0.717) is 0 Å². The number of nitrogens with zero attached hydrogens (tertiary/aromatic N) is 4. The number of halogens is 1. The lowest BCUT2D eigenvalue weighted by atomic mass is 10.5. The summed E-state index contributed by atoms with van der Waals surface area (Å²) in [6.07, 6.45) is 8.47. The first kappa shape index (κ1) is 8.25. The molecule has 0 saturated heterocycles. The van der Waals surface area contributed by atoms with Crippen LogP contribution in [0.4, 0.5) is 0 Å². The lowest BCUT2D eigenvalue weighted by molar-refractivity contribution is -0.603. The van der Waals surface area contributed by atoms with E-state index in [1.165, 1.54) is 6.33 Å². The monoisotopic (exact) mass is 237 g/mol. The molecule has 2 aromatic rings. The molecule has 0 aliphatic rings. The van der Waals surface area contributed by atoms with Crippen LogP contribution in [0.25, 0.3) is 5.82 Å². The molecule has 0 saturated carbocycles. The molecule has 2 heterocycles. The maximum Gasteiger partial charge on any atom is 0.284 e. The maximum absolute atomic E-state index is 4.11. The zero-order valence-electron chi connectivity index (χ0n) is 6.63. The summed E-state index contributed by atoms with van der Waals surface area (Å²) < 4.78 is 2.65. The van der Waals surface area contributed by atoms with Crippen molar-refractivity contribution in [1.29, 1.82) is 0 Å². The minimum atomic E-state index is 0.781. The molecular formula is C8H6BrN4+. The Hall–Kier alpha value is -1.36. The van der Waals surface area contributed by atoms with Crippen LogP contribution in [0.5, 0.6) is 0 Å². The topological polar surface area (TPSA) is 42.5 Å². The summed E-state index contributed by atoms with van der Waals surface area (Å²) >= 11 is 3.36. The summed E-state index contributed by atoms with van der Waals surface area (Å²) in [7, 11) is 0. The highest BCUT2D eigenvalue weighted by Gasteiger charge is 2.08. The zero-order chi connectivity index (χ0) is 9.10. The molecule has 5 heteroatoms. The third kappa shape index (κ3) is 1.70. The predicted octanol–water partition coefficient (Wildman–Crippen LogP) is 0.911. The third-order valence-electron chi connectivity index (χ3n) is 1.50. The Balaban J connectivity index is 2.54. The molecule has 2 rings (SSSR count). The minimum Gasteiger partial charge on any atom is -0.227 e.